The van der Waals surface area contributed by atoms with Gasteiger partial charge in [0.25, 0.3) is 0 Å². The van der Waals surface area contributed by atoms with Crippen LogP contribution in [0.25, 0.3) is 21.5 Å². The highest BCUT2D eigenvalue weighted by atomic mass is 16.2. The highest BCUT2D eigenvalue weighted by Crippen LogP contribution is 2.27. The van der Waals surface area contributed by atoms with Crippen molar-refractivity contribution < 1.29 is 9.59 Å². The molecule has 0 aliphatic rings. The molecule has 0 spiro atoms. The Morgan fingerprint density at radius 1 is 0.781 bits per heavy atom. The minimum Gasteiger partial charge on any atom is -0.326 e. The lowest BCUT2D eigenvalue weighted by atomic mass is 9.97. The third-order valence-electron chi connectivity index (χ3n) is 5.52. The zero-order valence-corrected chi connectivity index (χ0v) is 18.2. The number of hydrogen-bond donors (Lipinski definition) is 2. The van der Waals surface area contributed by atoms with E-state index in [1.54, 1.807) is 6.21 Å². The van der Waals surface area contributed by atoms with Gasteiger partial charge in [-0.25, -0.2) is 5.43 Å². The lowest BCUT2D eigenvalue weighted by Crippen LogP contribution is -2.21. The number of anilines is 1. The number of hydrazone groups is 1. The molecule has 0 saturated carbocycles. The van der Waals surface area contributed by atoms with Gasteiger partial charge in [0.05, 0.1) is 6.21 Å². The molecule has 4 aromatic rings. The molecule has 0 aliphatic heterocycles. The van der Waals surface area contributed by atoms with Gasteiger partial charge in [-0.15, -0.1) is 0 Å². The minimum absolute atomic E-state index is 0.0599. The summed E-state index contributed by atoms with van der Waals surface area (Å²) in [6.07, 6.45) is 1.83. The van der Waals surface area contributed by atoms with Crippen molar-refractivity contribution >= 4 is 45.3 Å². The second-order valence-corrected chi connectivity index (χ2v) is 7.84. The molecule has 5 heteroatoms. The van der Waals surface area contributed by atoms with Gasteiger partial charge in [-0.2, -0.15) is 5.10 Å². The summed E-state index contributed by atoms with van der Waals surface area (Å²) < 4.78 is 0. The summed E-state index contributed by atoms with van der Waals surface area (Å²) in [6.45, 7) is 3.89. The molecule has 0 saturated heterocycles. The fourth-order valence-electron chi connectivity index (χ4n) is 3.85. The lowest BCUT2D eigenvalue weighted by molar-refractivity contribution is -0.124. The Balaban J connectivity index is 1.41. The van der Waals surface area contributed by atoms with E-state index in [9.17, 15) is 9.59 Å². The number of rotatable bonds is 6. The Morgan fingerprint density at radius 2 is 1.34 bits per heavy atom. The molecule has 4 aromatic carbocycles. The molecule has 0 heterocycles. The summed E-state index contributed by atoms with van der Waals surface area (Å²) in [7, 11) is 0. The fraction of sp³-hybridized carbons (Fsp3) is 0.148. The van der Waals surface area contributed by atoms with Crippen LogP contribution >= 0.6 is 0 Å². The number of carbonyl (C=O) groups is 2. The Bertz CT molecular complexity index is 1270. The number of amides is 2. The molecule has 2 amide bonds. The van der Waals surface area contributed by atoms with E-state index in [0.29, 0.717) is 0 Å². The van der Waals surface area contributed by atoms with Gasteiger partial charge in [0.1, 0.15) is 0 Å². The quantitative estimate of drug-likeness (QED) is 0.245. The van der Waals surface area contributed by atoms with Crippen LogP contribution in [0.4, 0.5) is 5.69 Å². The van der Waals surface area contributed by atoms with Crippen molar-refractivity contribution in [1.82, 2.24) is 5.43 Å². The van der Waals surface area contributed by atoms with Crippen molar-refractivity contribution in [2.45, 2.75) is 26.7 Å². The second-order valence-electron chi connectivity index (χ2n) is 7.84. The Labute approximate surface area is 187 Å². The predicted octanol–water partition coefficient (Wildman–Crippen LogP) is 5.48. The van der Waals surface area contributed by atoms with Gasteiger partial charge in [0.15, 0.2) is 0 Å². The van der Waals surface area contributed by atoms with Crippen LogP contribution < -0.4 is 10.7 Å². The van der Waals surface area contributed by atoms with Crippen LogP contribution in [0.15, 0.2) is 77.9 Å². The zero-order valence-electron chi connectivity index (χ0n) is 18.2. The molecular weight excluding hydrogens is 398 g/mol. The average molecular weight is 424 g/mol. The van der Waals surface area contributed by atoms with Crippen LogP contribution in [-0.2, 0) is 9.59 Å². The normalized spacial score (nSPS) is 11.2. The molecule has 32 heavy (non-hydrogen) atoms. The third-order valence-corrected chi connectivity index (χ3v) is 5.52. The largest absolute Gasteiger partial charge is 0.326 e. The number of para-hydroxylation sites is 1. The maximum absolute atomic E-state index is 12.3. The summed E-state index contributed by atoms with van der Waals surface area (Å²) in [5, 5.41) is 11.4. The number of fused-ring (bicyclic) bond motifs is 2. The lowest BCUT2D eigenvalue weighted by Gasteiger charge is -2.11. The van der Waals surface area contributed by atoms with Crippen molar-refractivity contribution in [3.8, 4) is 0 Å². The number of hydrogen-bond acceptors (Lipinski definition) is 3. The molecule has 2 N–H and O–H groups in total. The zero-order chi connectivity index (χ0) is 22.5. The number of aryl methyl sites for hydroxylation is 2. The summed E-state index contributed by atoms with van der Waals surface area (Å²) >= 11 is 0. The van der Waals surface area contributed by atoms with Crippen LogP contribution in [0.3, 0.4) is 0 Å². The molecule has 0 aromatic heterocycles. The SMILES string of the molecule is Cc1cccc(C)c1NC(=O)CCC(=O)N/N=C\c1c2ccccc2cc2ccccc12. The molecule has 0 atom stereocenters. The van der Waals surface area contributed by atoms with Gasteiger partial charge in [0.2, 0.25) is 11.8 Å². The summed E-state index contributed by atoms with van der Waals surface area (Å²) in [5.41, 5.74) is 6.30. The van der Waals surface area contributed by atoms with E-state index < -0.39 is 0 Å². The monoisotopic (exact) mass is 423 g/mol. The number of nitrogens with one attached hydrogen (secondary N) is 2. The second kappa shape index (κ2) is 9.43. The van der Waals surface area contributed by atoms with Crippen LogP contribution in [0.1, 0.15) is 29.5 Å². The molecule has 0 fully saturated rings. The van der Waals surface area contributed by atoms with Gasteiger partial charge in [-0.1, -0.05) is 66.7 Å². The summed E-state index contributed by atoms with van der Waals surface area (Å²) in [6, 6.07) is 24.2. The molecule has 0 radical (unpaired) electrons. The van der Waals surface area contributed by atoms with E-state index in [-0.39, 0.29) is 24.7 Å². The van der Waals surface area contributed by atoms with Gasteiger partial charge in [0, 0.05) is 24.1 Å². The van der Waals surface area contributed by atoms with E-state index in [1.807, 2.05) is 68.4 Å². The van der Waals surface area contributed by atoms with E-state index in [0.717, 1.165) is 43.9 Å². The minimum atomic E-state index is -0.303. The highest BCUT2D eigenvalue weighted by Gasteiger charge is 2.10. The van der Waals surface area contributed by atoms with Crippen molar-refractivity contribution in [3.05, 3.63) is 89.5 Å². The highest BCUT2D eigenvalue weighted by molar-refractivity contribution is 6.13. The van der Waals surface area contributed by atoms with Gasteiger partial charge in [-0.05, 0) is 52.6 Å². The topological polar surface area (TPSA) is 70.6 Å². The fourth-order valence-corrected chi connectivity index (χ4v) is 3.85. The van der Waals surface area contributed by atoms with Gasteiger partial charge in [-0.3, -0.25) is 9.59 Å². The summed E-state index contributed by atoms with van der Waals surface area (Å²) in [5.74, 6) is -0.496. The smallest absolute Gasteiger partial charge is 0.240 e. The van der Waals surface area contributed by atoms with E-state index >= 15 is 0 Å². The number of carbonyl (C=O) groups excluding carboxylic acids is 2. The molecular formula is C27H25N3O2. The van der Waals surface area contributed by atoms with E-state index in [1.165, 1.54) is 0 Å². The van der Waals surface area contributed by atoms with Crippen molar-refractivity contribution in [2.24, 2.45) is 5.10 Å². The van der Waals surface area contributed by atoms with Crippen LogP contribution in [0, 0.1) is 13.8 Å². The van der Waals surface area contributed by atoms with Crippen LogP contribution in [0.5, 0.6) is 0 Å². The molecule has 0 aliphatic carbocycles. The van der Waals surface area contributed by atoms with Gasteiger partial charge >= 0.3 is 0 Å². The van der Waals surface area contributed by atoms with E-state index in [4.69, 9.17) is 0 Å². The Hall–Kier alpha value is -3.99. The molecule has 0 unspecified atom stereocenters. The van der Waals surface area contributed by atoms with Crippen molar-refractivity contribution in [1.29, 1.82) is 0 Å². The molecule has 0 bridgehead atoms. The van der Waals surface area contributed by atoms with Gasteiger partial charge < -0.3 is 5.32 Å². The van der Waals surface area contributed by atoms with Crippen LogP contribution in [0.2, 0.25) is 0 Å². The van der Waals surface area contributed by atoms with E-state index in [2.05, 4.69) is 34.0 Å². The number of nitrogens with zero attached hydrogens (tertiary/aromatic N) is 1. The first-order valence-electron chi connectivity index (χ1n) is 10.6. The molecule has 160 valence electrons. The van der Waals surface area contributed by atoms with Crippen LogP contribution in [-0.4, -0.2) is 18.0 Å². The first-order chi connectivity index (χ1) is 15.5. The maximum atomic E-state index is 12.3. The molecule has 5 nitrogen and oxygen atoms in total. The average Bonchev–Trinajstić information content (AvgIpc) is 2.79. The Kier molecular flexibility index (Phi) is 6.26. The van der Waals surface area contributed by atoms with Crippen molar-refractivity contribution in [3.63, 3.8) is 0 Å². The first kappa shape index (κ1) is 21.2. The number of benzene rings is 4. The summed E-state index contributed by atoms with van der Waals surface area (Å²) in [4.78, 5) is 24.5. The standard InChI is InChI=1S/C27H25N3O2/c1-18-8-7-9-19(2)27(18)29-25(31)14-15-26(32)30-28-17-24-22-12-5-3-10-20(22)16-21-11-4-6-13-23(21)24/h3-13,16-17H,14-15H2,1-2H3,(H,29,31)(H,30,32)/b28-17-. The predicted molar refractivity (Wildman–Crippen MR) is 131 cm³/mol. The third kappa shape index (κ3) is 4.67. The maximum Gasteiger partial charge on any atom is 0.240 e. The first-order valence-corrected chi connectivity index (χ1v) is 10.6. The molecule has 4 rings (SSSR count). The Morgan fingerprint density at radius 3 is 1.97 bits per heavy atom. The van der Waals surface area contributed by atoms with Crippen molar-refractivity contribution in [2.75, 3.05) is 5.32 Å².